The molecule has 0 fully saturated rings. The van der Waals surface area contributed by atoms with E-state index in [2.05, 4.69) is 10.6 Å². The maximum absolute atomic E-state index is 12.2. The maximum Gasteiger partial charge on any atom is 0.255 e. The molecule has 1 aliphatic heterocycles. The monoisotopic (exact) mass is 298 g/mol. The number of carbonyl (C=O) groups is 1. The highest BCUT2D eigenvalue weighted by molar-refractivity contribution is 6.01. The standard InChI is InChI=1S/C17H18N2O3/c1-3-22-15-10-11(8-9-14(15)21-2)16-18-13-7-5-4-6-12(13)17(20)19-16/h4-10,16,18H,3H2,1-2H3,(H,19,20). The maximum atomic E-state index is 12.2. The van der Waals surface area contributed by atoms with Gasteiger partial charge in [-0.1, -0.05) is 18.2 Å². The van der Waals surface area contributed by atoms with Gasteiger partial charge in [-0.3, -0.25) is 4.79 Å². The zero-order valence-corrected chi connectivity index (χ0v) is 12.6. The summed E-state index contributed by atoms with van der Waals surface area (Å²) in [6, 6.07) is 13.1. The predicted molar refractivity (Wildman–Crippen MR) is 84.4 cm³/mol. The fourth-order valence-electron chi connectivity index (χ4n) is 2.52. The molecular weight excluding hydrogens is 280 g/mol. The van der Waals surface area contributed by atoms with Gasteiger partial charge in [-0.2, -0.15) is 0 Å². The lowest BCUT2D eigenvalue weighted by molar-refractivity contribution is 0.0935. The number of hydrogen-bond acceptors (Lipinski definition) is 4. The average molecular weight is 298 g/mol. The molecule has 2 N–H and O–H groups in total. The van der Waals surface area contributed by atoms with E-state index in [1.807, 2.05) is 43.3 Å². The molecule has 1 heterocycles. The summed E-state index contributed by atoms with van der Waals surface area (Å²) in [7, 11) is 1.61. The highest BCUT2D eigenvalue weighted by atomic mass is 16.5. The number of carbonyl (C=O) groups excluding carboxylic acids is 1. The number of rotatable bonds is 4. The first-order valence-corrected chi connectivity index (χ1v) is 7.20. The van der Waals surface area contributed by atoms with Gasteiger partial charge in [-0.25, -0.2) is 0 Å². The normalized spacial score (nSPS) is 16.3. The van der Waals surface area contributed by atoms with Crippen LogP contribution in [0.15, 0.2) is 42.5 Å². The van der Waals surface area contributed by atoms with E-state index in [4.69, 9.17) is 9.47 Å². The zero-order chi connectivity index (χ0) is 15.5. The molecule has 0 aliphatic carbocycles. The molecule has 1 unspecified atom stereocenters. The van der Waals surface area contributed by atoms with Gasteiger partial charge < -0.3 is 20.1 Å². The van der Waals surface area contributed by atoms with Crippen molar-refractivity contribution in [3.63, 3.8) is 0 Å². The van der Waals surface area contributed by atoms with Crippen molar-refractivity contribution in [2.24, 2.45) is 0 Å². The second kappa shape index (κ2) is 5.97. The highest BCUT2D eigenvalue weighted by Gasteiger charge is 2.24. The molecule has 114 valence electrons. The van der Waals surface area contributed by atoms with Crippen LogP contribution >= 0.6 is 0 Å². The van der Waals surface area contributed by atoms with Gasteiger partial charge >= 0.3 is 0 Å². The topological polar surface area (TPSA) is 59.6 Å². The van der Waals surface area contributed by atoms with Gasteiger partial charge in [0.15, 0.2) is 11.5 Å². The second-order valence-corrected chi connectivity index (χ2v) is 4.94. The lowest BCUT2D eigenvalue weighted by Crippen LogP contribution is -2.38. The quantitative estimate of drug-likeness (QED) is 0.911. The molecule has 0 bridgehead atoms. The first-order chi connectivity index (χ1) is 10.7. The van der Waals surface area contributed by atoms with Crippen LogP contribution < -0.4 is 20.1 Å². The van der Waals surface area contributed by atoms with Crippen LogP contribution in [-0.2, 0) is 0 Å². The molecule has 0 saturated heterocycles. The average Bonchev–Trinajstić information content (AvgIpc) is 2.55. The Balaban J connectivity index is 1.92. The molecule has 0 aromatic heterocycles. The lowest BCUT2D eigenvalue weighted by atomic mass is 10.1. The Hall–Kier alpha value is -2.69. The van der Waals surface area contributed by atoms with Crippen molar-refractivity contribution < 1.29 is 14.3 Å². The first kappa shape index (κ1) is 14.3. The van der Waals surface area contributed by atoms with E-state index in [9.17, 15) is 4.79 Å². The van der Waals surface area contributed by atoms with Crippen molar-refractivity contribution in [2.45, 2.75) is 13.1 Å². The molecule has 1 amide bonds. The molecule has 0 saturated carbocycles. The molecule has 22 heavy (non-hydrogen) atoms. The summed E-state index contributed by atoms with van der Waals surface area (Å²) in [5, 5.41) is 6.27. The Morgan fingerprint density at radius 1 is 1.09 bits per heavy atom. The van der Waals surface area contributed by atoms with E-state index in [1.165, 1.54) is 0 Å². The van der Waals surface area contributed by atoms with Crippen molar-refractivity contribution in [3.8, 4) is 11.5 Å². The molecule has 3 rings (SSSR count). The minimum atomic E-state index is -0.299. The fraction of sp³-hybridized carbons (Fsp3) is 0.235. The second-order valence-electron chi connectivity index (χ2n) is 4.94. The van der Waals surface area contributed by atoms with Gasteiger partial charge in [0.25, 0.3) is 5.91 Å². The SMILES string of the molecule is CCOc1cc(C2NC(=O)c3ccccc3N2)ccc1OC. The van der Waals surface area contributed by atoms with Crippen LogP contribution in [-0.4, -0.2) is 19.6 Å². The van der Waals surface area contributed by atoms with Crippen LogP contribution in [0.5, 0.6) is 11.5 Å². The van der Waals surface area contributed by atoms with Crippen LogP contribution in [0.25, 0.3) is 0 Å². The van der Waals surface area contributed by atoms with Gasteiger partial charge in [0.1, 0.15) is 6.17 Å². The minimum Gasteiger partial charge on any atom is -0.493 e. The van der Waals surface area contributed by atoms with Gasteiger partial charge in [-0.15, -0.1) is 0 Å². The number of para-hydroxylation sites is 1. The third-order valence-electron chi connectivity index (χ3n) is 3.57. The van der Waals surface area contributed by atoms with Crippen LogP contribution in [0.2, 0.25) is 0 Å². The predicted octanol–water partition coefficient (Wildman–Crippen LogP) is 2.95. The molecule has 2 aromatic carbocycles. The lowest BCUT2D eigenvalue weighted by Gasteiger charge is -2.28. The summed E-state index contributed by atoms with van der Waals surface area (Å²) in [5.74, 6) is 1.25. The Kier molecular flexibility index (Phi) is 3.87. The number of methoxy groups -OCH3 is 1. The van der Waals surface area contributed by atoms with Gasteiger partial charge in [0.05, 0.1) is 19.3 Å². The molecule has 0 spiro atoms. The van der Waals surface area contributed by atoms with E-state index < -0.39 is 0 Å². The number of nitrogens with one attached hydrogen (secondary N) is 2. The number of ether oxygens (including phenoxy) is 2. The molecule has 5 nitrogen and oxygen atoms in total. The third-order valence-corrected chi connectivity index (χ3v) is 3.57. The van der Waals surface area contributed by atoms with Crippen molar-refractivity contribution in [2.75, 3.05) is 19.0 Å². The summed E-state index contributed by atoms with van der Waals surface area (Å²) in [6.45, 7) is 2.47. The largest absolute Gasteiger partial charge is 0.493 e. The van der Waals surface area contributed by atoms with Crippen LogP contribution in [0.1, 0.15) is 29.0 Å². The van der Waals surface area contributed by atoms with E-state index in [-0.39, 0.29) is 12.1 Å². The number of anilines is 1. The number of benzene rings is 2. The Bertz CT molecular complexity index is 700. The molecule has 1 atom stereocenters. The third kappa shape index (κ3) is 2.57. The van der Waals surface area contributed by atoms with Crippen molar-refractivity contribution in [3.05, 3.63) is 53.6 Å². The smallest absolute Gasteiger partial charge is 0.255 e. The summed E-state index contributed by atoms with van der Waals surface area (Å²) >= 11 is 0. The van der Waals surface area contributed by atoms with Gasteiger partial charge in [0, 0.05) is 5.69 Å². The van der Waals surface area contributed by atoms with E-state index in [0.29, 0.717) is 23.7 Å². The molecular formula is C17H18N2O3. The van der Waals surface area contributed by atoms with Crippen LogP contribution in [0.4, 0.5) is 5.69 Å². The van der Waals surface area contributed by atoms with E-state index in [0.717, 1.165) is 11.3 Å². The number of amides is 1. The van der Waals surface area contributed by atoms with Gasteiger partial charge in [-0.05, 0) is 36.8 Å². The summed E-state index contributed by atoms with van der Waals surface area (Å²) in [5.41, 5.74) is 2.38. The summed E-state index contributed by atoms with van der Waals surface area (Å²) in [6.07, 6.45) is -0.299. The zero-order valence-electron chi connectivity index (χ0n) is 12.6. The molecule has 2 aromatic rings. The van der Waals surface area contributed by atoms with Crippen molar-refractivity contribution >= 4 is 11.6 Å². The van der Waals surface area contributed by atoms with Crippen molar-refractivity contribution in [1.29, 1.82) is 0 Å². The first-order valence-electron chi connectivity index (χ1n) is 7.20. The van der Waals surface area contributed by atoms with Crippen molar-refractivity contribution in [1.82, 2.24) is 5.32 Å². The number of hydrogen-bond donors (Lipinski definition) is 2. The Morgan fingerprint density at radius 3 is 2.68 bits per heavy atom. The Morgan fingerprint density at radius 2 is 1.91 bits per heavy atom. The Labute approximate surface area is 129 Å². The highest BCUT2D eigenvalue weighted by Crippen LogP contribution is 2.32. The molecule has 5 heteroatoms. The summed E-state index contributed by atoms with van der Waals surface area (Å²) < 4.78 is 10.9. The molecule has 0 radical (unpaired) electrons. The van der Waals surface area contributed by atoms with E-state index >= 15 is 0 Å². The number of fused-ring (bicyclic) bond motifs is 1. The van der Waals surface area contributed by atoms with Crippen LogP contribution in [0.3, 0.4) is 0 Å². The minimum absolute atomic E-state index is 0.0897. The fourth-order valence-corrected chi connectivity index (χ4v) is 2.52. The van der Waals surface area contributed by atoms with Gasteiger partial charge in [0.2, 0.25) is 0 Å². The molecule has 1 aliphatic rings. The van der Waals surface area contributed by atoms with Crippen LogP contribution in [0, 0.1) is 0 Å². The van der Waals surface area contributed by atoms with E-state index in [1.54, 1.807) is 13.2 Å². The summed E-state index contributed by atoms with van der Waals surface area (Å²) in [4.78, 5) is 12.2.